The number of guanidine groups is 1. The lowest BCUT2D eigenvalue weighted by Gasteiger charge is -2.14. The molecule has 27 heavy (non-hydrogen) atoms. The van der Waals surface area contributed by atoms with Crippen LogP contribution in [0.1, 0.15) is 37.0 Å². The Labute approximate surface area is 153 Å². The van der Waals surface area contributed by atoms with E-state index < -0.39 is 30.1 Å². The van der Waals surface area contributed by atoms with E-state index in [4.69, 9.17) is 31.6 Å². The molecule has 14 heteroatoms. The van der Waals surface area contributed by atoms with Crippen LogP contribution in [0.3, 0.4) is 0 Å². The Morgan fingerprint density at radius 1 is 1.26 bits per heavy atom. The number of nitrogens with two attached hydrogens (primary N) is 2. The molecule has 0 unspecified atom stereocenters. The number of hydrogen-bond acceptors (Lipinski definition) is 8. The zero-order valence-corrected chi connectivity index (χ0v) is 14.3. The number of aromatic nitrogens is 2. The maximum absolute atomic E-state index is 11.8. The van der Waals surface area contributed by atoms with E-state index in [-0.39, 0.29) is 37.1 Å². The molecule has 0 aliphatic heterocycles. The van der Waals surface area contributed by atoms with Gasteiger partial charge >= 0.3 is 18.0 Å². The second-order valence-corrected chi connectivity index (χ2v) is 5.45. The molecule has 1 aromatic rings. The van der Waals surface area contributed by atoms with Gasteiger partial charge in [-0.1, -0.05) is 5.16 Å². The highest BCUT2D eigenvalue weighted by atomic mass is 16.5. The zero-order chi connectivity index (χ0) is 20.4. The van der Waals surface area contributed by atoms with Crippen molar-refractivity contribution in [1.29, 1.82) is 5.41 Å². The number of nitrogens with zero attached hydrogens (tertiary/aromatic N) is 2. The van der Waals surface area contributed by atoms with Crippen LogP contribution in [0.2, 0.25) is 0 Å². The van der Waals surface area contributed by atoms with E-state index in [1.54, 1.807) is 0 Å². The van der Waals surface area contributed by atoms with Gasteiger partial charge in [0.05, 0.1) is 19.0 Å². The number of carboxylic acid groups (broad SMARTS) is 2. The van der Waals surface area contributed by atoms with E-state index in [9.17, 15) is 14.4 Å². The highest BCUT2D eigenvalue weighted by Gasteiger charge is 2.20. The third-order valence-electron chi connectivity index (χ3n) is 3.20. The van der Waals surface area contributed by atoms with Crippen LogP contribution < -0.4 is 27.4 Å². The fraction of sp³-hybridized carbons (Fsp3) is 0.538. The Hall–Kier alpha value is -3.42. The highest BCUT2D eigenvalue weighted by Crippen LogP contribution is 2.10. The van der Waals surface area contributed by atoms with Gasteiger partial charge in [-0.25, -0.2) is 9.59 Å². The summed E-state index contributed by atoms with van der Waals surface area (Å²) < 4.78 is 4.84. The van der Waals surface area contributed by atoms with Gasteiger partial charge < -0.3 is 42.2 Å². The molecule has 0 spiro atoms. The molecule has 0 aliphatic rings. The summed E-state index contributed by atoms with van der Waals surface area (Å²) in [5.74, 6) is -2.60. The molecule has 1 heterocycles. The van der Waals surface area contributed by atoms with Crippen molar-refractivity contribution in [3.8, 4) is 0 Å². The fourth-order valence-corrected chi connectivity index (χ4v) is 1.92. The number of aliphatic carboxylic acids is 2. The van der Waals surface area contributed by atoms with E-state index in [1.807, 2.05) is 0 Å². The number of amides is 2. The molecule has 1 rings (SSSR count). The van der Waals surface area contributed by atoms with Crippen LogP contribution in [-0.2, 0) is 16.1 Å². The standard InChI is InChI=1S/C13H22N8O6/c14-6(4-9(22)23)10-20-8(27-21-10)5-18-13(26)19-7(11(24)25)2-1-3-17-12(15)16/h6-7H,1-5,14H2,(H,22,23)(H,24,25)(H4,15,16,17)(H2,18,19,26)/t6-,7-/m0/s1. The summed E-state index contributed by atoms with van der Waals surface area (Å²) in [6.07, 6.45) is 0.106. The molecule has 0 fully saturated rings. The number of carbonyl (C=O) groups is 3. The first-order valence-electron chi connectivity index (χ1n) is 7.84. The Morgan fingerprint density at radius 2 is 1.96 bits per heavy atom. The van der Waals surface area contributed by atoms with Crippen LogP contribution in [-0.4, -0.2) is 56.9 Å². The summed E-state index contributed by atoms with van der Waals surface area (Å²) in [5, 5.41) is 35.4. The fourth-order valence-electron chi connectivity index (χ4n) is 1.92. The normalized spacial score (nSPS) is 12.6. The van der Waals surface area contributed by atoms with Crippen molar-refractivity contribution in [2.45, 2.75) is 37.9 Å². The van der Waals surface area contributed by atoms with Crippen molar-refractivity contribution in [2.24, 2.45) is 11.5 Å². The van der Waals surface area contributed by atoms with Gasteiger partial charge in [0, 0.05) is 6.54 Å². The third-order valence-corrected chi connectivity index (χ3v) is 3.20. The van der Waals surface area contributed by atoms with Crippen molar-refractivity contribution < 1.29 is 29.1 Å². The predicted molar refractivity (Wildman–Crippen MR) is 89.4 cm³/mol. The summed E-state index contributed by atoms with van der Waals surface area (Å²) in [6.45, 7) is 0.0978. The van der Waals surface area contributed by atoms with Crippen molar-refractivity contribution in [1.82, 2.24) is 26.1 Å². The van der Waals surface area contributed by atoms with E-state index in [0.717, 1.165) is 0 Å². The molecule has 0 aliphatic carbocycles. The highest BCUT2D eigenvalue weighted by molar-refractivity contribution is 5.82. The lowest BCUT2D eigenvalue weighted by Crippen LogP contribution is -2.46. The van der Waals surface area contributed by atoms with E-state index in [1.165, 1.54) is 0 Å². The Balaban J connectivity index is 2.43. The molecule has 10 N–H and O–H groups in total. The number of hydrogen-bond donors (Lipinski definition) is 8. The molecule has 1 aromatic heterocycles. The first-order chi connectivity index (χ1) is 12.7. The molecular weight excluding hydrogens is 364 g/mol. The summed E-state index contributed by atoms with van der Waals surface area (Å²) in [6, 6.07) is -2.86. The topological polar surface area (TPSA) is 243 Å². The van der Waals surface area contributed by atoms with Crippen LogP contribution >= 0.6 is 0 Å². The van der Waals surface area contributed by atoms with Gasteiger partial charge in [0.1, 0.15) is 6.04 Å². The molecule has 0 bridgehead atoms. The molecule has 150 valence electrons. The predicted octanol–water partition coefficient (Wildman–Crippen LogP) is -1.94. The van der Waals surface area contributed by atoms with Gasteiger partial charge in [0.15, 0.2) is 11.8 Å². The van der Waals surface area contributed by atoms with E-state index in [2.05, 4.69) is 26.1 Å². The quantitative estimate of drug-likeness (QED) is 0.118. The minimum atomic E-state index is -1.22. The number of rotatable bonds is 11. The summed E-state index contributed by atoms with van der Waals surface area (Å²) in [7, 11) is 0. The molecule has 0 saturated carbocycles. The largest absolute Gasteiger partial charge is 0.481 e. The monoisotopic (exact) mass is 386 g/mol. The molecule has 2 amide bonds. The van der Waals surface area contributed by atoms with E-state index >= 15 is 0 Å². The van der Waals surface area contributed by atoms with Crippen LogP contribution in [0, 0.1) is 5.41 Å². The Bertz CT molecular complexity index is 678. The maximum atomic E-state index is 11.8. The molecule has 0 radical (unpaired) electrons. The maximum Gasteiger partial charge on any atom is 0.326 e. The average molecular weight is 386 g/mol. The first-order valence-corrected chi connectivity index (χ1v) is 7.84. The van der Waals surface area contributed by atoms with Crippen LogP contribution in [0.4, 0.5) is 4.79 Å². The second kappa shape index (κ2) is 10.5. The SMILES string of the molecule is N=C(N)NCCC[C@H](NC(=O)NCc1nc([C@@H](N)CC(=O)O)no1)C(=O)O. The lowest BCUT2D eigenvalue weighted by atomic mass is 10.1. The van der Waals surface area contributed by atoms with Gasteiger partial charge in [-0.05, 0) is 12.8 Å². The number of urea groups is 1. The average Bonchev–Trinajstić information content (AvgIpc) is 3.04. The molecule has 2 atom stereocenters. The smallest absolute Gasteiger partial charge is 0.326 e. The van der Waals surface area contributed by atoms with E-state index in [0.29, 0.717) is 13.0 Å². The number of nitrogens with one attached hydrogen (secondary N) is 4. The van der Waals surface area contributed by atoms with Gasteiger partial charge in [0.25, 0.3) is 0 Å². The first kappa shape index (κ1) is 21.6. The molecule has 0 saturated heterocycles. The Morgan fingerprint density at radius 3 is 2.56 bits per heavy atom. The third kappa shape index (κ3) is 8.48. The van der Waals surface area contributed by atoms with Crippen molar-refractivity contribution in [3.05, 3.63) is 11.7 Å². The molecule has 0 aromatic carbocycles. The Kier molecular flexibility index (Phi) is 8.44. The van der Waals surface area contributed by atoms with Gasteiger partial charge in [-0.3, -0.25) is 10.2 Å². The summed E-state index contributed by atoms with van der Waals surface area (Å²) >= 11 is 0. The van der Waals surface area contributed by atoms with Gasteiger partial charge in [-0.2, -0.15) is 4.98 Å². The lowest BCUT2D eigenvalue weighted by molar-refractivity contribution is -0.139. The number of carboxylic acids is 2. The van der Waals surface area contributed by atoms with Crippen molar-refractivity contribution in [3.63, 3.8) is 0 Å². The zero-order valence-electron chi connectivity index (χ0n) is 14.3. The van der Waals surface area contributed by atoms with Crippen LogP contribution in [0.25, 0.3) is 0 Å². The van der Waals surface area contributed by atoms with Gasteiger partial charge in [-0.15, -0.1) is 0 Å². The summed E-state index contributed by atoms with van der Waals surface area (Å²) in [5.41, 5.74) is 10.7. The van der Waals surface area contributed by atoms with Gasteiger partial charge in [0.2, 0.25) is 5.89 Å². The minimum absolute atomic E-state index is 0.0153. The molecular formula is C13H22N8O6. The second-order valence-electron chi connectivity index (χ2n) is 5.45. The number of carbonyl (C=O) groups excluding carboxylic acids is 1. The minimum Gasteiger partial charge on any atom is -0.481 e. The summed E-state index contributed by atoms with van der Waals surface area (Å²) in [4.78, 5) is 37.4. The van der Waals surface area contributed by atoms with Crippen molar-refractivity contribution >= 4 is 23.9 Å². The van der Waals surface area contributed by atoms with Crippen LogP contribution in [0.5, 0.6) is 0 Å². The van der Waals surface area contributed by atoms with Crippen molar-refractivity contribution in [2.75, 3.05) is 6.54 Å². The van der Waals surface area contributed by atoms with Crippen LogP contribution in [0.15, 0.2) is 4.52 Å². The molecule has 14 nitrogen and oxygen atoms in total.